The summed E-state index contributed by atoms with van der Waals surface area (Å²) in [4.78, 5) is 16.9. The zero-order valence-corrected chi connectivity index (χ0v) is 16.3. The summed E-state index contributed by atoms with van der Waals surface area (Å²) in [5.74, 6) is -0.720. The monoisotopic (exact) mass is 407 g/mol. The molecule has 1 amide bonds. The summed E-state index contributed by atoms with van der Waals surface area (Å²) in [5, 5.41) is 10.9. The lowest BCUT2D eigenvalue weighted by Crippen LogP contribution is -2.37. The first-order valence-electron chi connectivity index (χ1n) is 7.85. The number of nitrogens with one attached hydrogen (secondary N) is 1. The van der Waals surface area contributed by atoms with Crippen LogP contribution in [0.4, 0.5) is 4.39 Å². The third-order valence-corrected chi connectivity index (χ3v) is 6.51. The smallest absolute Gasteiger partial charge is 0.257 e. The standard InChI is InChI=1S/C18H18FN3O3S2/c1-12-11-27(20,25-15-9-8-14(19)10-16(15)26(2)24)18(21-12)22-17(23)13-6-4-3-5-7-13/h3-11H,20H2,1-2H3,(H,21,22,23). The van der Waals surface area contributed by atoms with Gasteiger partial charge in [-0.15, -0.1) is 0 Å². The second-order valence-electron chi connectivity index (χ2n) is 5.77. The fourth-order valence-corrected chi connectivity index (χ4v) is 4.92. The number of nitrogens with zero attached hydrogens (tertiary/aromatic N) is 1. The minimum Gasteiger partial charge on any atom is -0.423 e. The second-order valence-corrected chi connectivity index (χ2v) is 9.20. The minimum absolute atomic E-state index is 0.172. The van der Waals surface area contributed by atoms with Crippen molar-refractivity contribution in [3.63, 3.8) is 0 Å². The van der Waals surface area contributed by atoms with E-state index in [1.54, 1.807) is 42.7 Å². The van der Waals surface area contributed by atoms with Gasteiger partial charge in [-0.05, 0) is 37.3 Å². The second kappa shape index (κ2) is 7.63. The van der Waals surface area contributed by atoms with Crippen molar-refractivity contribution in [3.8, 4) is 5.75 Å². The molecule has 0 spiro atoms. The molecule has 1 aliphatic heterocycles. The van der Waals surface area contributed by atoms with Gasteiger partial charge in [0.2, 0.25) is 5.17 Å². The molecule has 142 valence electrons. The van der Waals surface area contributed by atoms with Crippen LogP contribution in [0.1, 0.15) is 17.3 Å². The summed E-state index contributed by atoms with van der Waals surface area (Å²) >= 11 is 0. The van der Waals surface area contributed by atoms with E-state index < -0.39 is 27.1 Å². The van der Waals surface area contributed by atoms with Gasteiger partial charge in [-0.25, -0.2) is 9.38 Å². The number of hydrogen-bond acceptors (Lipinski definition) is 5. The van der Waals surface area contributed by atoms with Crippen molar-refractivity contribution in [3.05, 3.63) is 71.0 Å². The molecule has 2 aromatic rings. The van der Waals surface area contributed by atoms with Gasteiger partial charge in [-0.2, -0.15) is 0 Å². The Morgan fingerprint density at radius 2 is 1.96 bits per heavy atom. The number of carbonyl (C=O) groups is 1. The van der Waals surface area contributed by atoms with E-state index in [0.29, 0.717) is 11.3 Å². The lowest BCUT2D eigenvalue weighted by molar-refractivity contribution is 0.0977. The van der Waals surface area contributed by atoms with Gasteiger partial charge in [0.05, 0.1) is 15.7 Å². The van der Waals surface area contributed by atoms with Crippen LogP contribution in [0.3, 0.4) is 0 Å². The summed E-state index contributed by atoms with van der Waals surface area (Å²) in [6.45, 7) is 1.73. The molecule has 27 heavy (non-hydrogen) atoms. The molecule has 1 aliphatic rings. The molecule has 1 heterocycles. The third kappa shape index (κ3) is 4.26. The molecule has 0 aromatic heterocycles. The van der Waals surface area contributed by atoms with E-state index in [2.05, 4.69) is 10.3 Å². The average Bonchev–Trinajstić information content (AvgIpc) is 2.90. The molecule has 2 unspecified atom stereocenters. The highest BCUT2D eigenvalue weighted by molar-refractivity contribution is 8.42. The molecule has 2 aromatic carbocycles. The molecule has 0 fully saturated rings. The highest BCUT2D eigenvalue weighted by Gasteiger charge is 2.33. The summed E-state index contributed by atoms with van der Waals surface area (Å²) < 4.78 is 31.3. The van der Waals surface area contributed by atoms with Gasteiger partial charge in [0.15, 0.2) is 5.75 Å². The first kappa shape index (κ1) is 19.3. The van der Waals surface area contributed by atoms with Gasteiger partial charge in [0.1, 0.15) is 5.82 Å². The van der Waals surface area contributed by atoms with Crippen molar-refractivity contribution < 1.29 is 17.6 Å². The Morgan fingerprint density at radius 3 is 2.63 bits per heavy atom. The van der Waals surface area contributed by atoms with Crippen molar-refractivity contribution in [1.29, 1.82) is 0 Å². The van der Waals surface area contributed by atoms with E-state index >= 15 is 0 Å². The molecule has 3 N–H and O–H groups in total. The molecule has 0 aliphatic carbocycles. The SMILES string of the molecule is CC1=CS(N)(Oc2ccc(F)cc2S(C)=O)C(NC(=O)c2ccccc2)=N1. The Morgan fingerprint density at radius 1 is 1.26 bits per heavy atom. The topological polar surface area (TPSA) is 93.8 Å². The lowest BCUT2D eigenvalue weighted by Gasteiger charge is -2.30. The van der Waals surface area contributed by atoms with Gasteiger partial charge in [-0.1, -0.05) is 18.2 Å². The van der Waals surface area contributed by atoms with E-state index in [-0.39, 0.29) is 21.7 Å². The molecular weight excluding hydrogens is 389 g/mol. The van der Waals surface area contributed by atoms with Crippen molar-refractivity contribution >= 4 is 32.4 Å². The summed E-state index contributed by atoms with van der Waals surface area (Å²) in [5.41, 5.74) is 1.03. The zero-order chi connectivity index (χ0) is 19.6. The minimum atomic E-state index is -2.62. The normalized spacial score (nSPS) is 22.2. The number of halogens is 1. The lowest BCUT2D eigenvalue weighted by atomic mass is 10.2. The van der Waals surface area contributed by atoms with Crippen molar-refractivity contribution in [1.82, 2.24) is 5.32 Å². The maximum Gasteiger partial charge on any atom is 0.257 e. The molecule has 0 saturated heterocycles. The van der Waals surface area contributed by atoms with Crippen LogP contribution in [0.5, 0.6) is 5.75 Å². The molecule has 6 nitrogen and oxygen atoms in total. The average molecular weight is 407 g/mol. The quantitative estimate of drug-likeness (QED) is 0.814. The van der Waals surface area contributed by atoms with Crippen LogP contribution < -0.4 is 14.6 Å². The van der Waals surface area contributed by atoms with Gasteiger partial charge in [-0.3, -0.25) is 19.5 Å². The van der Waals surface area contributed by atoms with E-state index in [9.17, 15) is 13.4 Å². The number of aliphatic imine (C=N–C) groups is 1. The summed E-state index contributed by atoms with van der Waals surface area (Å²) in [6, 6.07) is 12.3. The van der Waals surface area contributed by atoms with Crippen LogP contribution >= 0.6 is 10.5 Å². The van der Waals surface area contributed by atoms with Crippen LogP contribution in [0.2, 0.25) is 0 Å². The number of hydrogen-bond donors (Lipinski definition) is 2. The molecule has 0 radical (unpaired) electrons. The van der Waals surface area contributed by atoms with E-state index in [0.717, 1.165) is 6.07 Å². The van der Waals surface area contributed by atoms with Crippen LogP contribution in [0.15, 0.2) is 69.5 Å². The van der Waals surface area contributed by atoms with Gasteiger partial charge in [0, 0.05) is 33.4 Å². The Bertz CT molecular complexity index is 979. The number of amides is 1. The summed E-state index contributed by atoms with van der Waals surface area (Å²) in [7, 11) is -4.10. The maximum absolute atomic E-state index is 13.5. The van der Waals surface area contributed by atoms with Crippen molar-refractivity contribution in [2.45, 2.75) is 11.8 Å². The Labute approximate surface area is 160 Å². The van der Waals surface area contributed by atoms with Crippen LogP contribution in [-0.2, 0) is 10.8 Å². The number of allylic oxidation sites excluding steroid dienone is 1. The molecule has 2 atom stereocenters. The fourth-order valence-electron chi connectivity index (χ4n) is 2.42. The zero-order valence-electron chi connectivity index (χ0n) is 14.6. The predicted octanol–water partition coefficient (Wildman–Crippen LogP) is 3.20. The molecule has 0 bridgehead atoms. The van der Waals surface area contributed by atoms with E-state index in [1.165, 1.54) is 18.4 Å². The predicted molar refractivity (Wildman–Crippen MR) is 106 cm³/mol. The highest BCUT2D eigenvalue weighted by atomic mass is 32.3. The Kier molecular flexibility index (Phi) is 5.45. The van der Waals surface area contributed by atoms with Crippen LogP contribution in [0, 0.1) is 5.82 Å². The first-order valence-corrected chi connectivity index (χ1v) is 11.1. The third-order valence-electron chi connectivity index (χ3n) is 3.63. The number of amidine groups is 1. The fraction of sp³-hybridized carbons (Fsp3) is 0.111. The van der Waals surface area contributed by atoms with E-state index in [4.69, 9.17) is 9.32 Å². The Balaban J connectivity index is 1.89. The molecule has 0 saturated carbocycles. The maximum atomic E-state index is 13.5. The molecule has 3 rings (SSSR count). The molecule has 9 heteroatoms. The number of carbonyl (C=O) groups excluding carboxylic acids is 1. The molecular formula is C18H18FN3O3S2. The van der Waals surface area contributed by atoms with Gasteiger partial charge < -0.3 is 4.18 Å². The number of benzene rings is 2. The largest absolute Gasteiger partial charge is 0.423 e. The van der Waals surface area contributed by atoms with Crippen molar-refractivity contribution in [2.24, 2.45) is 10.1 Å². The summed E-state index contributed by atoms with van der Waals surface area (Å²) in [6.07, 6.45) is 1.42. The van der Waals surface area contributed by atoms with Gasteiger partial charge in [0.25, 0.3) is 5.91 Å². The number of nitrogens with two attached hydrogens (primary N) is 1. The highest BCUT2D eigenvalue weighted by Crippen LogP contribution is 2.49. The van der Waals surface area contributed by atoms with Gasteiger partial charge >= 0.3 is 0 Å². The van der Waals surface area contributed by atoms with E-state index in [1.807, 2.05) is 0 Å². The number of rotatable bonds is 4. The van der Waals surface area contributed by atoms with Crippen LogP contribution in [0.25, 0.3) is 0 Å². The first-order chi connectivity index (χ1) is 12.8. The van der Waals surface area contributed by atoms with Crippen molar-refractivity contribution in [2.75, 3.05) is 6.26 Å². The Hall–Kier alpha value is -2.49. The van der Waals surface area contributed by atoms with Crippen LogP contribution in [-0.4, -0.2) is 21.5 Å².